The van der Waals surface area contributed by atoms with Crippen molar-refractivity contribution in [2.24, 2.45) is 0 Å². The van der Waals surface area contributed by atoms with E-state index in [1.807, 2.05) is 0 Å². The van der Waals surface area contributed by atoms with Crippen molar-refractivity contribution < 1.29 is 27.5 Å². The average Bonchev–Trinajstić information content (AvgIpc) is 3.17. The van der Waals surface area contributed by atoms with Crippen molar-refractivity contribution in [1.82, 2.24) is 0 Å². The molecule has 36 heavy (non-hydrogen) atoms. The highest BCUT2D eigenvalue weighted by Gasteiger charge is 2.44. The number of halogens is 2. The van der Waals surface area contributed by atoms with E-state index in [1.54, 1.807) is 18.2 Å². The fourth-order valence-electron chi connectivity index (χ4n) is 4.43. The maximum Gasteiger partial charge on any atom is 0.295 e. The minimum absolute atomic E-state index is 0.0268. The fraction of sp³-hybridized carbons (Fsp3) is 0.214. The topological polar surface area (TPSA) is 69.0 Å². The summed E-state index contributed by atoms with van der Waals surface area (Å²) in [6, 6.07) is 13.2. The van der Waals surface area contributed by atoms with Crippen molar-refractivity contribution in [3.05, 3.63) is 99.4 Å². The van der Waals surface area contributed by atoms with Gasteiger partial charge >= 0.3 is 0 Å². The van der Waals surface area contributed by atoms with Crippen LogP contribution >= 0.6 is 0 Å². The molecule has 0 saturated heterocycles. The minimum Gasteiger partial charge on any atom is -0.493 e. The molecule has 0 radical (unpaired) electrons. The predicted molar refractivity (Wildman–Crippen MR) is 131 cm³/mol. The van der Waals surface area contributed by atoms with Crippen molar-refractivity contribution >= 4 is 22.6 Å². The second-order valence-corrected chi connectivity index (χ2v) is 8.48. The number of carbonyl (C=O) groups is 1. The Balaban J connectivity index is 1.71. The molecule has 1 aliphatic heterocycles. The largest absolute Gasteiger partial charge is 0.493 e. The summed E-state index contributed by atoms with van der Waals surface area (Å²) in [6.45, 7) is 2.57. The van der Waals surface area contributed by atoms with Crippen LogP contribution in [-0.4, -0.2) is 19.6 Å². The molecule has 0 aliphatic carbocycles. The molecular weight excluding hydrogens is 468 g/mol. The van der Waals surface area contributed by atoms with Gasteiger partial charge in [0.15, 0.2) is 16.9 Å². The Hall–Kier alpha value is -4.20. The van der Waals surface area contributed by atoms with Gasteiger partial charge in [-0.3, -0.25) is 14.5 Å². The molecule has 5 rings (SSSR count). The molecule has 1 amide bonds. The van der Waals surface area contributed by atoms with E-state index >= 15 is 0 Å². The maximum absolute atomic E-state index is 14.0. The van der Waals surface area contributed by atoms with Crippen molar-refractivity contribution in [3.63, 3.8) is 0 Å². The molecule has 0 N–H and O–H groups in total. The van der Waals surface area contributed by atoms with Crippen LogP contribution in [0.1, 0.15) is 47.5 Å². The van der Waals surface area contributed by atoms with Crippen molar-refractivity contribution in [3.8, 4) is 11.5 Å². The van der Waals surface area contributed by atoms with Crippen LogP contribution < -0.4 is 19.8 Å². The lowest BCUT2D eigenvalue weighted by Crippen LogP contribution is -2.29. The predicted octanol–water partition coefficient (Wildman–Crippen LogP) is 6.01. The molecule has 2 heterocycles. The Kier molecular flexibility index (Phi) is 6.18. The van der Waals surface area contributed by atoms with Gasteiger partial charge in [0.25, 0.3) is 5.91 Å². The lowest BCUT2D eigenvalue weighted by atomic mass is 9.97. The van der Waals surface area contributed by atoms with Gasteiger partial charge in [-0.15, -0.1) is 0 Å². The first-order valence-corrected chi connectivity index (χ1v) is 11.6. The highest BCUT2D eigenvalue weighted by Crippen LogP contribution is 2.43. The molecule has 4 aromatic rings. The number of amides is 1. The number of carbonyl (C=O) groups excluding carboxylic acids is 1. The van der Waals surface area contributed by atoms with Gasteiger partial charge in [0, 0.05) is 5.69 Å². The molecule has 184 valence electrons. The van der Waals surface area contributed by atoms with Gasteiger partial charge in [-0.05, 0) is 66.6 Å². The smallest absolute Gasteiger partial charge is 0.295 e. The molecule has 0 saturated carbocycles. The summed E-state index contributed by atoms with van der Waals surface area (Å²) in [5.74, 6) is -0.811. The second kappa shape index (κ2) is 9.45. The number of rotatable bonds is 7. The zero-order chi connectivity index (χ0) is 25.4. The van der Waals surface area contributed by atoms with E-state index < -0.39 is 29.0 Å². The summed E-state index contributed by atoms with van der Waals surface area (Å²) in [5, 5.41) is 0.0268. The van der Waals surface area contributed by atoms with Gasteiger partial charge < -0.3 is 13.9 Å². The lowest BCUT2D eigenvalue weighted by Gasteiger charge is -2.26. The van der Waals surface area contributed by atoms with Crippen LogP contribution in [0.2, 0.25) is 0 Å². The van der Waals surface area contributed by atoms with E-state index in [4.69, 9.17) is 13.9 Å². The third-order valence-electron chi connectivity index (χ3n) is 6.20. The standard InChI is InChI=1S/C28H23F2NO5/c1-3-4-13-35-22-11-5-16(14-23(22)34-2)25-24-26(32)20-15-18(30)8-12-21(20)36-27(24)28(33)31(25)19-9-6-17(29)7-10-19/h5-12,14-15,25H,3-4,13H2,1-2H3. The van der Waals surface area contributed by atoms with Crippen molar-refractivity contribution in [2.75, 3.05) is 18.6 Å². The Labute approximate surface area is 205 Å². The normalized spacial score (nSPS) is 14.8. The van der Waals surface area contributed by atoms with Gasteiger partial charge in [-0.25, -0.2) is 8.78 Å². The van der Waals surface area contributed by atoms with Crippen molar-refractivity contribution in [2.45, 2.75) is 25.8 Å². The van der Waals surface area contributed by atoms with Gasteiger partial charge in [0.1, 0.15) is 17.2 Å². The van der Waals surface area contributed by atoms with Crippen LogP contribution in [0, 0.1) is 11.6 Å². The van der Waals surface area contributed by atoms with Gasteiger partial charge in [0.05, 0.1) is 30.7 Å². The lowest BCUT2D eigenvalue weighted by molar-refractivity contribution is 0.0971. The molecule has 0 spiro atoms. The molecule has 1 aromatic heterocycles. The Bertz CT molecular complexity index is 1510. The molecule has 3 aromatic carbocycles. The number of ether oxygens (including phenoxy) is 2. The summed E-state index contributed by atoms with van der Waals surface area (Å²) < 4.78 is 44.9. The molecule has 6 nitrogen and oxygen atoms in total. The quantitative estimate of drug-likeness (QED) is 0.296. The van der Waals surface area contributed by atoms with E-state index in [2.05, 4.69) is 6.92 Å². The summed E-state index contributed by atoms with van der Waals surface area (Å²) in [7, 11) is 1.50. The summed E-state index contributed by atoms with van der Waals surface area (Å²) in [5.41, 5.74) is 0.578. The summed E-state index contributed by atoms with van der Waals surface area (Å²) >= 11 is 0. The van der Waals surface area contributed by atoms with Crippen LogP contribution in [-0.2, 0) is 0 Å². The highest BCUT2D eigenvalue weighted by molar-refractivity contribution is 6.10. The average molecular weight is 491 g/mol. The highest BCUT2D eigenvalue weighted by atomic mass is 19.1. The first-order valence-electron chi connectivity index (χ1n) is 11.6. The zero-order valence-electron chi connectivity index (χ0n) is 19.7. The molecular formula is C28H23F2NO5. The van der Waals surface area contributed by atoms with Gasteiger partial charge in [-0.2, -0.15) is 0 Å². The molecule has 0 bridgehead atoms. The molecule has 8 heteroatoms. The third-order valence-corrected chi connectivity index (χ3v) is 6.20. The zero-order valence-corrected chi connectivity index (χ0v) is 19.7. The van der Waals surface area contributed by atoms with Crippen LogP contribution in [0.5, 0.6) is 11.5 Å². The van der Waals surface area contributed by atoms with E-state index in [9.17, 15) is 18.4 Å². The Morgan fingerprint density at radius 2 is 1.69 bits per heavy atom. The molecule has 1 aliphatic rings. The van der Waals surface area contributed by atoms with Crippen molar-refractivity contribution in [1.29, 1.82) is 0 Å². The number of unbranched alkanes of at least 4 members (excludes halogenated alkanes) is 1. The number of hydrogen-bond acceptors (Lipinski definition) is 5. The molecule has 1 unspecified atom stereocenters. The van der Waals surface area contributed by atoms with Gasteiger partial charge in [-0.1, -0.05) is 19.4 Å². The number of benzene rings is 3. The summed E-state index contributed by atoms with van der Waals surface area (Å²) in [4.78, 5) is 28.6. The second-order valence-electron chi connectivity index (χ2n) is 8.48. The van der Waals surface area contributed by atoms with Gasteiger partial charge in [0.2, 0.25) is 5.76 Å². The van der Waals surface area contributed by atoms with Crippen LogP contribution in [0.15, 0.2) is 69.9 Å². The first-order chi connectivity index (χ1) is 17.4. The number of anilines is 1. The number of methoxy groups -OCH3 is 1. The van der Waals surface area contributed by atoms with Crippen LogP contribution in [0.4, 0.5) is 14.5 Å². The summed E-state index contributed by atoms with van der Waals surface area (Å²) in [6.07, 6.45) is 1.84. The van der Waals surface area contributed by atoms with Crippen LogP contribution in [0.3, 0.4) is 0 Å². The van der Waals surface area contributed by atoms with E-state index in [-0.39, 0.29) is 22.3 Å². The SMILES string of the molecule is CCCCOc1ccc(C2c3c(oc4ccc(F)cc4c3=O)C(=O)N2c2ccc(F)cc2)cc1OC. The third kappa shape index (κ3) is 3.98. The molecule has 0 fully saturated rings. The first kappa shape index (κ1) is 23.5. The van der Waals surface area contributed by atoms with E-state index in [1.165, 1.54) is 42.3 Å². The monoisotopic (exact) mass is 491 g/mol. The molecule has 1 atom stereocenters. The number of hydrogen-bond donors (Lipinski definition) is 0. The van der Waals surface area contributed by atoms with E-state index in [0.717, 1.165) is 25.0 Å². The Morgan fingerprint density at radius 1 is 0.944 bits per heavy atom. The maximum atomic E-state index is 14.0. The van der Waals surface area contributed by atoms with Crippen LogP contribution in [0.25, 0.3) is 11.0 Å². The van der Waals surface area contributed by atoms with E-state index in [0.29, 0.717) is 29.4 Å². The number of nitrogens with zero attached hydrogens (tertiary/aromatic N) is 1. The fourth-order valence-corrected chi connectivity index (χ4v) is 4.43. The number of fused-ring (bicyclic) bond motifs is 2. The Morgan fingerprint density at radius 3 is 2.42 bits per heavy atom. The minimum atomic E-state index is -0.916.